The second kappa shape index (κ2) is 7.51. The van der Waals surface area contributed by atoms with Crippen LogP contribution < -0.4 is 10.5 Å². The molecule has 0 heterocycles. The van der Waals surface area contributed by atoms with Crippen molar-refractivity contribution in [2.75, 3.05) is 26.7 Å². The van der Waals surface area contributed by atoms with Crippen LogP contribution in [0.3, 0.4) is 0 Å². The molecule has 1 unspecified atom stereocenters. The average molecular weight is 264 g/mol. The fourth-order valence-electron chi connectivity index (χ4n) is 2.65. The fraction of sp³-hybridized carbons (Fsp3) is 0.625. The van der Waals surface area contributed by atoms with Gasteiger partial charge in [0.15, 0.2) is 0 Å². The van der Waals surface area contributed by atoms with Gasteiger partial charge < -0.3 is 10.5 Å². The zero-order valence-corrected chi connectivity index (χ0v) is 12.8. The van der Waals surface area contributed by atoms with E-state index in [4.69, 9.17) is 10.5 Å². The molecule has 0 saturated heterocycles. The number of likely N-dealkylation sites (N-methyl/N-ethyl adjacent to an activating group) is 1. The summed E-state index contributed by atoms with van der Waals surface area (Å²) in [6.07, 6.45) is 2.07. The lowest BCUT2D eigenvalue weighted by atomic mass is 9.90. The maximum Gasteiger partial charge on any atom is 0.122 e. The van der Waals surface area contributed by atoms with E-state index in [9.17, 15) is 0 Å². The van der Waals surface area contributed by atoms with Crippen LogP contribution in [-0.2, 0) is 6.42 Å². The summed E-state index contributed by atoms with van der Waals surface area (Å²) in [7, 11) is 1.72. The minimum Gasteiger partial charge on any atom is -0.496 e. The molecule has 0 bridgehead atoms. The number of hydrogen-bond acceptors (Lipinski definition) is 3. The summed E-state index contributed by atoms with van der Waals surface area (Å²) >= 11 is 0. The Balaban J connectivity index is 2.96. The van der Waals surface area contributed by atoms with Crippen LogP contribution >= 0.6 is 0 Å². The van der Waals surface area contributed by atoms with Gasteiger partial charge in [0.1, 0.15) is 5.75 Å². The van der Waals surface area contributed by atoms with Gasteiger partial charge in [0.05, 0.1) is 7.11 Å². The third-order valence-corrected chi connectivity index (χ3v) is 3.84. The Hall–Kier alpha value is -1.06. The molecule has 19 heavy (non-hydrogen) atoms. The molecule has 0 radical (unpaired) electrons. The number of benzene rings is 1. The highest BCUT2D eigenvalue weighted by Gasteiger charge is 2.30. The summed E-state index contributed by atoms with van der Waals surface area (Å²) in [5.41, 5.74) is 7.29. The zero-order chi connectivity index (χ0) is 14.3. The van der Waals surface area contributed by atoms with Crippen LogP contribution in [0.15, 0.2) is 24.3 Å². The van der Waals surface area contributed by atoms with Crippen molar-refractivity contribution < 1.29 is 4.74 Å². The molecule has 1 aromatic rings. The number of nitrogens with zero attached hydrogens (tertiary/aromatic N) is 1. The van der Waals surface area contributed by atoms with E-state index in [-0.39, 0.29) is 5.54 Å². The van der Waals surface area contributed by atoms with E-state index in [1.54, 1.807) is 7.11 Å². The number of methoxy groups -OCH3 is 1. The van der Waals surface area contributed by atoms with E-state index in [2.05, 4.69) is 37.8 Å². The van der Waals surface area contributed by atoms with Gasteiger partial charge in [0, 0.05) is 12.1 Å². The molecule has 2 N–H and O–H groups in total. The molecule has 1 atom stereocenters. The fourth-order valence-corrected chi connectivity index (χ4v) is 2.65. The first kappa shape index (κ1) is 16.0. The summed E-state index contributed by atoms with van der Waals surface area (Å²) < 4.78 is 5.45. The molecular formula is C16H28N2O. The number of ether oxygens (including phenoxy) is 1. The lowest BCUT2D eigenvalue weighted by Crippen LogP contribution is -2.53. The Morgan fingerprint density at radius 1 is 1.26 bits per heavy atom. The zero-order valence-electron chi connectivity index (χ0n) is 12.8. The topological polar surface area (TPSA) is 38.5 Å². The molecule has 0 aliphatic heterocycles. The summed E-state index contributed by atoms with van der Waals surface area (Å²) in [6, 6.07) is 8.21. The summed E-state index contributed by atoms with van der Waals surface area (Å²) in [4.78, 5) is 2.47. The van der Waals surface area contributed by atoms with E-state index in [1.165, 1.54) is 5.56 Å². The molecule has 0 fully saturated rings. The number of rotatable bonds is 8. The first-order chi connectivity index (χ1) is 9.11. The first-order valence-electron chi connectivity index (χ1n) is 7.18. The van der Waals surface area contributed by atoms with E-state index in [0.717, 1.165) is 31.7 Å². The van der Waals surface area contributed by atoms with E-state index >= 15 is 0 Å². The molecule has 0 aliphatic rings. The number of para-hydroxylation sites is 1. The normalized spacial score (nSPS) is 14.4. The highest BCUT2D eigenvalue weighted by molar-refractivity contribution is 5.34. The van der Waals surface area contributed by atoms with Gasteiger partial charge in [-0.3, -0.25) is 4.90 Å². The Bertz CT molecular complexity index is 381. The molecule has 0 aliphatic carbocycles. The Morgan fingerprint density at radius 2 is 1.95 bits per heavy atom. The molecule has 1 rings (SSSR count). The van der Waals surface area contributed by atoms with Crippen molar-refractivity contribution in [1.82, 2.24) is 4.90 Å². The van der Waals surface area contributed by atoms with E-state index in [1.807, 2.05) is 12.1 Å². The van der Waals surface area contributed by atoms with Gasteiger partial charge in [0.2, 0.25) is 0 Å². The Kier molecular flexibility index (Phi) is 6.32. The molecule has 3 nitrogen and oxygen atoms in total. The average Bonchev–Trinajstić information content (AvgIpc) is 2.45. The molecule has 1 aromatic carbocycles. The Labute approximate surface area is 117 Å². The van der Waals surface area contributed by atoms with Gasteiger partial charge in [-0.2, -0.15) is 0 Å². The van der Waals surface area contributed by atoms with Crippen molar-refractivity contribution in [1.29, 1.82) is 0 Å². The highest BCUT2D eigenvalue weighted by atomic mass is 16.5. The maximum atomic E-state index is 6.07. The third kappa shape index (κ3) is 3.95. The summed E-state index contributed by atoms with van der Waals surface area (Å²) in [5, 5.41) is 0. The lowest BCUT2D eigenvalue weighted by Gasteiger charge is -2.40. The van der Waals surface area contributed by atoms with Crippen molar-refractivity contribution in [3.8, 4) is 5.75 Å². The molecule has 0 aromatic heterocycles. The van der Waals surface area contributed by atoms with Crippen molar-refractivity contribution in [2.24, 2.45) is 5.73 Å². The van der Waals surface area contributed by atoms with Crippen LogP contribution in [0.4, 0.5) is 0 Å². The summed E-state index contributed by atoms with van der Waals surface area (Å²) in [5.74, 6) is 0.953. The van der Waals surface area contributed by atoms with Crippen LogP contribution in [-0.4, -0.2) is 37.2 Å². The van der Waals surface area contributed by atoms with Gasteiger partial charge in [-0.15, -0.1) is 0 Å². The van der Waals surface area contributed by atoms with Crippen molar-refractivity contribution in [2.45, 2.75) is 39.2 Å². The quantitative estimate of drug-likeness (QED) is 0.784. The predicted molar refractivity (Wildman–Crippen MR) is 81.7 cm³/mol. The van der Waals surface area contributed by atoms with Gasteiger partial charge in [-0.25, -0.2) is 0 Å². The van der Waals surface area contributed by atoms with E-state index < -0.39 is 0 Å². The molecule has 0 saturated carbocycles. The van der Waals surface area contributed by atoms with Gasteiger partial charge >= 0.3 is 0 Å². The molecule has 3 heteroatoms. The van der Waals surface area contributed by atoms with Crippen LogP contribution in [0.5, 0.6) is 5.75 Å². The van der Waals surface area contributed by atoms with Crippen LogP contribution in [0.1, 0.15) is 32.8 Å². The summed E-state index contributed by atoms with van der Waals surface area (Å²) in [6.45, 7) is 9.42. The number of nitrogens with two attached hydrogens (primary N) is 1. The predicted octanol–water partition coefficient (Wildman–Crippen LogP) is 2.69. The maximum absolute atomic E-state index is 6.07. The van der Waals surface area contributed by atoms with Crippen LogP contribution in [0.25, 0.3) is 0 Å². The lowest BCUT2D eigenvalue weighted by molar-refractivity contribution is 0.116. The van der Waals surface area contributed by atoms with Crippen LogP contribution in [0.2, 0.25) is 0 Å². The number of hydrogen-bond donors (Lipinski definition) is 1. The first-order valence-corrected chi connectivity index (χ1v) is 7.18. The molecule has 0 amide bonds. The van der Waals surface area contributed by atoms with Crippen molar-refractivity contribution >= 4 is 0 Å². The van der Waals surface area contributed by atoms with Gasteiger partial charge in [-0.1, -0.05) is 32.0 Å². The second-order valence-electron chi connectivity index (χ2n) is 5.27. The third-order valence-electron chi connectivity index (χ3n) is 3.84. The van der Waals surface area contributed by atoms with E-state index in [0.29, 0.717) is 6.54 Å². The van der Waals surface area contributed by atoms with Gasteiger partial charge in [0.25, 0.3) is 0 Å². The highest BCUT2D eigenvalue weighted by Crippen LogP contribution is 2.26. The molecular weight excluding hydrogens is 236 g/mol. The van der Waals surface area contributed by atoms with Gasteiger partial charge in [-0.05, 0) is 44.5 Å². The second-order valence-corrected chi connectivity index (χ2v) is 5.27. The largest absolute Gasteiger partial charge is 0.496 e. The van der Waals surface area contributed by atoms with Crippen molar-refractivity contribution in [3.63, 3.8) is 0 Å². The Morgan fingerprint density at radius 3 is 2.47 bits per heavy atom. The van der Waals surface area contributed by atoms with Crippen molar-refractivity contribution in [3.05, 3.63) is 29.8 Å². The smallest absolute Gasteiger partial charge is 0.122 e. The van der Waals surface area contributed by atoms with Crippen LogP contribution in [0, 0.1) is 0 Å². The SMILES string of the molecule is CCCN(CC)C(C)(CN)Cc1ccccc1OC. The molecule has 0 spiro atoms. The monoisotopic (exact) mass is 264 g/mol. The minimum atomic E-state index is -0.0145. The molecule has 108 valence electrons. The minimum absolute atomic E-state index is 0.0145. The standard InChI is InChI=1S/C16H28N2O/c1-5-11-18(6-2)16(3,13-17)12-14-9-7-8-10-15(14)19-4/h7-10H,5-6,11-13,17H2,1-4H3.